The Bertz CT molecular complexity index is 1120. The zero-order valence-corrected chi connectivity index (χ0v) is 18.8. The summed E-state index contributed by atoms with van der Waals surface area (Å²) in [7, 11) is 1.57. The second-order valence-corrected chi connectivity index (χ2v) is 8.24. The van der Waals surface area contributed by atoms with Crippen LogP contribution in [0.15, 0.2) is 51.9 Å². The summed E-state index contributed by atoms with van der Waals surface area (Å²) in [6.07, 6.45) is 0. The molecule has 2 aromatic rings. The van der Waals surface area contributed by atoms with Crippen molar-refractivity contribution in [2.45, 2.75) is 6.04 Å². The molecule has 2 aromatic carbocycles. The predicted octanol–water partition coefficient (Wildman–Crippen LogP) is 1.78. The van der Waals surface area contributed by atoms with Gasteiger partial charge in [0.05, 0.1) is 35.6 Å². The summed E-state index contributed by atoms with van der Waals surface area (Å²) < 4.78 is 6.04. The Kier molecular flexibility index (Phi) is 6.24. The fourth-order valence-electron chi connectivity index (χ4n) is 4.04. The Morgan fingerprint density at radius 3 is 2.81 bits per heavy atom. The van der Waals surface area contributed by atoms with Crippen LogP contribution in [0.25, 0.3) is 0 Å². The van der Waals surface area contributed by atoms with E-state index in [0.717, 1.165) is 10.0 Å². The highest BCUT2D eigenvalue weighted by molar-refractivity contribution is 9.10. The van der Waals surface area contributed by atoms with Gasteiger partial charge in [-0.1, -0.05) is 24.3 Å². The van der Waals surface area contributed by atoms with Gasteiger partial charge >= 0.3 is 6.03 Å². The van der Waals surface area contributed by atoms with Gasteiger partial charge in [-0.2, -0.15) is 4.99 Å². The van der Waals surface area contributed by atoms with Crippen LogP contribution < -0.4 is 20.3 Å². The van der Waals surface area contributed by atoms with Gasteiger partial charge in [0.1, 0.15) is 12.4 Å². The van der Waals surface area contributed by atoms with Gasteiger partial charge < -0.3 is 25.4 Å². The van der Waals surface area contributed by atoms with Crippen molar-refractivity contribution >= 4 is 45.2 Å². The molecule has 0 aliphatic carbocycles. The number of aliphatic imine (C=N–C) groups is 1. The first-order valence-electron chi connectivity index (χ1n) is 9.92. The number of benzene rings is 2. The number of urea groups is 1. The number of rotatable bonds is 5. The van der Waals surface area contributed by atoms with Crippen LogP contribution in [-0.4, -0.2) is 55.5 Å². The van der Waals surface area contributed by atoms with Crippen molar-refractivity contribution < 1.29 is 24.2 Å². The molecule has 4 amide bonds. The maximum atomic E-state index is 13.0. The van der Waals surface area contributed by atoms with E-state index in [9.17, 15) is 14.4 Å². The second-order valence-electron chi connectivity index (χ2n) is 7.38. The Balaban J connectivity index is 1.72. The summed E-state index contributed by atoms with van der Waals surface area (Å²) in [6, 6.07) is 11.9. The predicted molar refractivity (Wildman–Crippen MR) is 121 cm³/mol. The molecule has 0 saturated heterocycles. The number of nitrogens with zero attached hydrogens (tertiary/aromatic N) is 2. The Morgan fingerprint density at radius 2 is 2.09 bits per heavy atom. The zero-order chi connectivity index (χ0) is 22.8. The number of methoxy groups -OCH3 is 1. The Morgan fingerprint density at radius 1 is 1.31 bits per heavy atom. The Hall–Kier alpha value is -3.24. The number of aliphatic hydroxyl groups is 1. The van der Waals surface area contributed by atoms with E-state index in [2.05, 4.69) is 31.6 Å². The third kappa shape index (κ3) is 4.11. The first-order chi connectivity index (χ1) is 15.4. The van der Waals surface area contributed by atoms with E-state index in [1.165, 1.54) is 0 Å². The number of anilines is 1. The van der Waals surface area contributed by atoms with Gasteiger partial charge in [0.15, 0.2) is 0 Å². The molecule has 9 nitrogen and oxygen atoms in total. The van der Waals surface area contributed by atoms with Crippen LogP contribution in [0.3, 0.4) is 0 Å². The molecule has 2 aliphatic heterocycles. The molecule has 0 fully saturated rings. The van der Waals surface area contributed by atoms with Crippen LogP contribution >= 0.6 is 15.9 Å². The lowest BCUT2D eigenvalue weighted by molar-refractivity contribution is -0.126. The minimum absolute atomic E-state index is 0.252. The van der Waals surface area contributed by atoms with Crippen molar-refractivity contribution in [3.8, 4) is 5.75 Å². The number of carbonyl (C=O) groups is 3. The zero-order valence-electron chi connectivity index (χ0n) is 17.2. The fourth-order valence-corrected chi connectivity index (χ4v) is 4.60. The molecule has 166 valence electrons. The van der Waals surface area contributed by atoms with E-state index in [-0.39, 0.29) is 24.9 Å². The molecule has 0 aromatic heterocycles. The maximum absolute atomic E-state index is 13.0. The average molecular weight is 501 g/mol. The van der Waals surface area contributed by atoms with E-state index in [0.29, 0.717) is 22.7 Å². The summed E-state index contributed by atoms with van der Waals surface area (Å²) in [5.41, 5.74) is 2.77. The number of halogens is 1. The van der Waals surface area contributed by atoms with Crippen molar-refractivity contribution in [2.75, 3.05) is 31.7 Å². The lowest BCUT2D eigenvalue weighted by atomic mass is 9.81. The normalized spacial score (nSPS) is 19.3. The van der Waals surface area contributed by atoms with E-state index in [1.54, 1.807) is 30.2 Å². The Labute approximate surface area is 192 Å². The lowest BCUT2D eigenvalue weighted by Crippen LogP contribution is -2.53. The van der Waals surface area contributed by atoms with Crippen LogP contribution in [0.1, 0.15) is 17.2 Å². The SMILES string of the molecule is COc1ccc(C2NC(=O)N=C3c4ccccc4N(C(=O)CNC(=O)CO)CC32)cc1Br. The number of carbonyl (C=O) groups excluding carboxylic acids is 3. The van der Waals surface area contributed by atoms with Gasteiger partial charge in [0, 0.05) is 18.0 Å². The first kappa shape index (κ1) is 22.0. The van der Waals surface area contributed by atoms with Gasteiger partial charge in [0.25, 0.3) is 0 Å². The number of nitrogens with one attached hydrogen (secondary N) is 2. The summed E-state index contributed by atoms with van der Waals surface area (Å²) in [4.78, 5) is 42.7. The fraction of sp³-hybridized carbons (Fsp3) is 0.273. The topological polar surface area (TPSA) is 120 Å². The molecule has 0 spiro atoms. The number of hydrogen-bond acceptors (Lipinski definition) is 5. The number of ether oxygens (including phenoxy) is 1. The first-order valence-corrected chi connectivity index (χ1v) is 10.7. The molecule has 2 unspecified atom stereocenters. The van der Waals surface area contributed by atoms with Crippen molar-refractivity contribution in [2.24, 2.45) is 10.9 Å². The number of hydrogen-bond donors (Lipinski definition) is 3. The molecule has 32 heavy (non-hydrogen) atoms. The summed E-state index contributed by atoms with van der Waals surface area (Å²) in [5.74, 6) is -0.600. The smallest absolute Gasteiger partial charge is 0.341 e. The highest BCUT2D eigenvalue weighted by atomic mass is 79.9. The molecule has 0 saturated carbocycles. The molecule has 2 heterocycles. The van der Waals surface area contributed by atoms with Gasteiger partial charge in [-0.05, 0) is 39.7 Å². The molecule has 3 N–H and O–H groups in total. The van der Waals surface area contributed by atoms with Gasteiger partial charge in [-0.15, -0.1) is 0 Å². The van der Waals surface area contributed by atoms with Crippen LogP contribution in [0.5, 0.6) is 5.75 Å². The molecule has 10 heteroatoms. The molecular weight excluding hydrogens is 480 g/mol. The van der Waals surface area contributed by atoms with Crippen molar-refractivity contribution in [3.05, 3.63) is 58.1 Å². The molecule has 0 radical (unpaired) electrons. The summed E-state index contributed by atoms with van der Waals surface area (Å²) >= 11 is 3.49. The second kappa shape index (κ2) is 9.09. The monoisotopic (exact) mass is 500 g/mol. The van der Waals surface area contributed by atoms with Crippen molar-refractivity contribution in [1.82, 2.24) is 10.6 Å². The van der Waals surface area contributed by atoms with E-state index < -0.39 is 24.6 Å². The van der Waals surface area contributed by atoms with E-state index >= 15 is 0 Å². The van der Waals surface area contributed by atoms with Crippen molar-refractivity contribution in [3.63, 3.8) is 0 Å². The van der Waals surface area contributed by atoms with E-state index in [4.69, 9.17) is 9.84 Å². The largest absolute Gasteiger partial charge is 0.496 e. The highest BCUT2D eigenvalue weighted by Gasteiger charge is 2.41. The molecular formula is C22H21BrN4O5. The summed E-state index contributed by atoms with van der Waals surface area (Å²) in [6.45, 7) is -0.681. The molecule has 4 rings (SSSR count). The van der Waals surface area contributed by atoms with Gasteiger partial charge in [-0.25, -0.2) is 4.79 Å². The third-order valence-electron chi connectivity index (χ3n) is 5.52. The summed E-state index contributed by atoms with van der Waals surface area (Å²) in [5, 5.41) is 14.2. The highest BCUT2D eigenvalue weighted by Crippen LogP contribution is 2.39. The van der Waals surface area contributed by atoms with E-state index in [1.807, 2.05) is 24.3 Å². The van der Waals surface area contributed by atoms with Crippen LogP contribution in [-0.2, 0) is 9.59 Å². The maximum Gasteiger partial charge on any atom is 0.341 e. The third-order valence-corrected chi connectivity index (χ3v) is 6.14. The standard InChI is InChI=1S/C22H21BrN4O5/c1-32-17-7-6-12(8-15(17)23)20-14-10-27(19(30)9-24-18(29)11-28)16-5-3-2-4-13(16)21(14)26-22(31)25-20/h2-8,14,20,28H,9-11H2,1H3,(H,24,29)(H,25,31). The molecule has 0 bridgehead atoms. The number of amides is 4. The lowest BCUT2D eigenvalue weighted by Gasteiger charge is -2.41. The van der Waals surface area contributed by atoms with Crippen LogP contribution in [0, 0.1) is 5.92 Å². The quantitative estimate of drug-likeness (QED) is 0.577. The number of para-hydroxylation sites is 1. The van der Waals surface area contributed by atoms with Crippen molar-refractivity contribution in [1.29, 1.82) is 0 Å². The number of aliphatic hydroxyl groups excluding tert-OH is 1. The average Bonchev–Trinajstić information content (AvgIpc) is 2.81. The van der Waals surface area contributed by atoms with Gasteiger partial charge in [0.2, 0.25) is 11.8 Å². The minimum atomic E-state index is -0.691. The molecule has 2 aliphatic rings. The minimum Gasteiger partial charge on any atom is -0.496 e. The van der Waals surface area contributed by atoms with Gasteiger partial charge in [-0.3, -0.25) is 9.59 Å². The van der Waals surface area contributed by atoms with Crippen LogP contribution in [0.4, 0.5) is 10.5 Å². The number of fused-ring (bicyclic) bond motifs is 3. The molecule has 2 atom stereocenters. The van der Waals surface area contributed by atoms with Crippen LogP contribution in [0.2, 0.25) is 0 Å².